The number of aromatic hydroxyl groups is 1. The summed E-state index contributed by atoms with van der Waals surface area (Å²) in [4.78, 5) is 12.2. The minimum atomic E-state index is -0.183. The maximum Gasteiger partial charge on any atom is 0.316 e. The maximum absolute atomic E-state index is 12.2. The molecule has 0 fully saturated rings. The van der Waals surface area contributed by atoms with E-state index in [1.807, 2.05) is 32.1 Å². The van der Waals surface area contributed by atoms with Crippen molar-refractivity contribution in [3.05, 3.63) is 64.4 Å². The molecule has 5 nitrogen and oxygen atoms in total. The Bertz CT molecular complexity index is 864. The second-order valence-electron chi connectivity index (χ2n) is 7.79. The minimum absolute atomic E-state index is 0.00727. The van der Waals surface area contributed by atoms with Crippen LogP contribution in [0, 0.1) is 5.41 Å². The van der Waals surface area contributed by atoms with Crippen molar-refractivity contribution in [3.63, 3.8) is 0 Å². The molecule has 1 aromatic rings. The smallest absolute Gasteiger partial charge is 0.316 e. The van der Waals surface area contributed by atoms with Crippen molar-refractivity contribution in [1.82, 2.24) is 10.5 Å². The van der Waals surface area contributed by atoms with Crippen LogP contribution in [0.15, 0.2) is 63.4 Å². The van der Waals surface area contributed by atoms with E-state index in [1.54, 1.807) is 13.1 Å². The Labute approximate surface area is 167 Å². The Kier molecular flexibility index (Phi) is 7.21. The molecule has 0 saturated carbocycles. The molecule has 1 heterocycles. The summed E-state index contributed by atoms with van der Waals surface area (Å²) in [6, 6.07) is 0. The maximum atomic E-state index is 12.2. The lowest BCUT2D eigenvalue weighted by Crippen LogP contribution is -2.28. The van der Waals surface area contributed by atoms with Crippen molar-refractivity contribution in [3.8, 4) is 5.95 Å². The van der Waals surface area contributed by atoms with Gasteiger partial charge in [0.15, 0.2) is 0 Å². The van der Waals surface area contributed by atoms with E-state index in [0.29, 0.717) is 5.56 Å². The molecule has 0 saturated heterocycles. The van der Waals surface area contributed by atoms with Crippen LogP contribution in [-0.4, -0.2) is 23.2 Å². The van der Waals surface area contributed by atoms with E-state index < -0.39 is 0 Å². The highest BCUT2D eigenvalue weighted by atomic mass is 16.5. The van der Waals surface area contributed by atoms with Crippen LogP contribution in [0.2, 0.25) is 0 Å². The Morgan fingerprint density at radius 3 is 2.68 bits per heavy atom. The fourth-order valence-electron chi connectivity index (χ4n) is 3.35. The third kappa shape index (κ3) is 5.59. The molecule has 5 heteroatoms. The summed E-state index contributed by atoms with van der Waals surface area (Å²) in [7, 11) is 1.68. The van der Waals surface area contributed by atoms with Gasteiger partial charge in [0, 0.05) is 12.6 Å². The highest BCUT2D eigenvalue weighted by Gasteiger charge is 2.30. The van der Waals surface area contributed by atoms with Crippen LogP contribution >= 0.6 is 0 Å². The Hall–Kier alpha value is -2.82. The van der Waals surface area contributed by atoms with E-state index >= 15 is 0 Å². The summed E-state index contributed by atoms with van der Waals surface area (Å²) in [5.74, 6) is -0.163. The van der Waals surface area contributed by atoms with Crippen molar-refractivity contribution in [2.24, 2.45) is 5.41 Å². The largest absolute Gasteiger partial charge is 0.479 e. The molecule has 1 aliphatic rings. The minimum Gasteiger partial charge on any atom is -0.479 e. The molecular weight excluding hydrogens is 352 g/mol. The zero-order chi connectivity index (χ0) is 20.7. The molecule has 1 aliphatic carbocycles. The first kappa shape index (κ1) is 21.5. The number of aromatic nitrogens is 1. The van der Waals surface area contributed by atoms with E-state index in [0.717, 1.165) is 41.6 Å². The van der Waals surface area contributed by atoms with Gasteiger partial charge in [-0.05, 0) is 50.2 Å². The average Bonchev–Trinajstić information content (AvgIpc) is 3.03. The van der Waals surface area contributed by atoms with Crippen molar-refractivity contribution < 1.29 is 14.4 Å². The van der Waals surface area contributed by atoms with Gasteiger partial charge >= 0.3 is 5.95 Å². The van der Waals surface area contributed by atoms with Gasteiger partial charge < -0.3 is 14.9 Å². The van der Waals surface area contributed by atoms with E-state index in [-0.39, 0.29) is 17.3 Å². The number of amides is 1. The first-order valence-electron chi connectivity index (χ1n) is 9.55. The Balaban J connectivity index is 2.15. The van der Waals surface area contributed by atoms with Gasteiger partial charge in [0.2, 0.25) is 5.91 Å². The van der Waals surface area contributed by atoms with Crippen molar-refractivity contribution in [2.75, 3.05) is 7.05 Å². The summed E-state index contributed by atoms with van der Waals surface area (Å²) in [5, 5.41) is 15.8. The first-order valence-corrected chi connectivity index (χ1v) is 9.55. The summed E-state index contributed by atoms with van der Waals surface area (Å²) >= 11 is 0. The number of carbonyl (C=O) groups excluding carboxylic acids is 1. The molecule has 2 rings (SSSR count). The molecule has 28 heavy (non-hydrogen) atoms. The third-order valence-corrected chi connectivity index (χ3v) is 4.98. The SMILES string of the molecule is CNC(=O)C1=C(/C=C/C(C)=C/C=C/C(C)=C/c2cnoc2O)C(C)(C)CCC1. The first-order chi connectivity index (χ1) is 13.2. The van der Waals surface area contributed by atoms with Crippen LogP contribution in [0.5, 0.6) is 5.95 Å². The molecule has 0 atom stereocenters. The third-order valence-electron chi connectivity index (χ3n) is 4.98. The Morgan fingerprint density at radius 1 is 1.29 bits per heavy atom. The molecule has 0 aromatic carbocycles. The molecule has 0 unspecified atom stereocenters. The number of nitrogens with one attached hydrogen (secondary N) is 1. The van der Waals surface area contributed by atoms with Crippen LogP contribution < -0.4 is 5.32 Å². The molecular formula is C23H30N2O3. The number of nitrogens with zero attached hydrogens (tertiary/aromatic N) is 1. The standard InChI is InChI=1S/C23H30N2O3/c1-16(8-6-9-17(2)14-18-15-25-28-22(18)27)11-12-20-19(21(26)24-5)10-7-13-23(20,3)4/h6,8-9,11-12,14-15,27H,7,10,13H2,1-5H3,(H,24,26)/b9-6+,12-11+,16-8+,17-14+. The number of carbonyl (C=O) groups is 1. The predicted octanol–water partition coefficient (Wildman–Crippen LogP) is 5.09. The zero-order valence-electron chi connectivity index (χ0n) is 17.4. The number of rotatable bonds is 6. The number of hydrogen-bond acceptors (Lipinski definition) is 4. The number of allylic oxidation sites excluding steroid dienone is 8. The van der Waals surface area contributed by atoms with E-state index in [4.69, 9.17) is 0 Å². The van der Waals surface area contributed by atoms with Crippen LogP contribution in [0.3, 0.4) is 0 Å². The molecule has 0 bridgehead atoms. The van der Waals surface area contributed by atoms with E-state index in [9.17, 15) is 9.90 Å². The highest BCUT2D eigenvalue weighted by molar-refractivity contribution is 5.94. The van der Waals surface area contributed by atoms with Gasteiger partial charge in [0.05, 0.1) is 11.8 Å². The van der Waals surface area contributed by atoms with Gasteiger partial charge in [-0.25, -0.2) is 0 Å². The summed E-state index contributed by atoms with van der Waals surface area (Å²) in [5.41, 5.74) is 4.61. The van der Waals surface area contributed by atoms with Gasteiger partial charge in [0.25, 0.3) is 0 Å². The number of likely N-dealkylation sites (N-methyl/N-ethyl adjacent to an activating group) is 1. The highest BCUT2D eigenvalue weighted by Crippen LogP contribution is 2.41. The van der Waals surface area contributed by atoms with Gasteiger partial charge in [-0.1, -0.05) is 60.5 Å². The summed E-state index contributed by atoms with van der Waals surface area (Å²) in [6.07, 6.45) is 16.3. The summed E-state index contributed by atoms with van der Waals surface area (Å²) < 4.78 is 4.63. The average molecular weight is 383 g/mol. The molecule has 1 aromatic heterocycles. The fraction of sp³-hybridized carbons (Fsp3) is 0.391. The van der Waals surface area contributed by atoms with Crippen molar-refractivity contribution in [2.45, 2.75) is 47.0 Å². The monoisotopic (exact) mass is 382 g/mol. The van der Waals surface area contributed by atoms with E-state index in [1.165, 1.54) is 6.20 Å². The lowest BCUT2D eigenvalue weighted by molar-refractivity contribution is -0.117. The lowest BCUT2D eigenvalue weighted by Gasteiger charge is -2.33. The fourth-order valence-corrected chi connectivity index (χ4v) is 3.35. The number of hydrogen-bond donors (Lipinski definition) is 2. The van der Waals surface area contributed by atoms with Gasteiger partial charge in [0.1, 0.15) is 0 Å². The molecule has 2 N–H and O–H groups in total. The van der Waals surface area contributed by atoms with Crippen LogP contribution in [-0.2, 0) is 4.79 Å². The summed E-state index contributed by atoms with van der Waals surface area (Å²) in [6.45, 7) is 8.36. The van der Waals surface area contributed by atoms with Crippen LogP contribution in [0.1, 0.15) is 52.5 Å². The molecule has 0 aliphatic heterocycles. The molecule has 150 valence electrons. The van der Waals surface area contributed by atoms with Gasteiger partial charge in [-0.2, -0.15) is 0 Å². The van der Waals surface area contributed by atoms with Crippen LogP contribution in [0.4, 0.5) is 0 Å². The van der Waals surface area contributed by atoms with Gasteiger partial charge in [-0.3, -0.25) is 4.79 Å². The zero-order valence-corrected chi connectivity index (χ0v) is 17.4. The topological polar surface area (TPSA) is 75.4 Å². The second kappa shape index (κ2) is 9.40. The normalized spacial score (nSPS) is 18.3. The van der Waals surface area contributed by atoms with Crippen LogP contribution in [0.25, 0.3) is 6.08 Å². The van der Waals surface area contributed by atoms with Crippen molar-refractivity contribution >= 4 is 12.0 Å². The van der Waals surface area contributed by atoms with Crippen molar-refractivity contribution in [1.29, 1.82) is 0 Å². The molecule has 0 spiro atoms. The Morgan fingerprint density at radius 2 is 2.04 bits per heavy atom. The predicted molar refractivity (Wildman–Crippen MR) is 113 cm³/mol. The van der Waals surface area contributed by atoms with Gasteiger partial charge in [-0.15, -0.1) is 0 Å². The quantitative estimate of drug-likeness (QED) is 0.672. The van der Waals surface area contributed by atoms with E-state index in [2.05, 4.69) is 41.0 Å². The second-order valence-corrected chi connectivity index (χ2v) is 7.79. The molecule has 0 radical (unpaired) electrons. The lowest BCUT2D eigenvalue weighted by atomic mass is 9.72. The molecule has 1 amide bonds.